The molecule has 0 saturated carbocycles. The molecule has 0 spiro atoms. The lowest BCUT2D eigenvalue weighted by Crippen LogP contribution is -2.20. The van der Waals surface area contributed by atoms with Gasteiger partial charge in [-0.05, 0) is 61.7 Å². The Labute approximate surface area is 150 Å². The lowest BCUT2D eigenvalue weighted by molar-refractivity contribution is -0.118. The molecule has 0 aliphatic heterocycles. The van der Waals surface area contributed by atoms with E-state index >= 15 is 0 Å². The van der Waals surface area contributed by atoms with E-state index in [4.69, 9.17) is 9.47 Å². The minimum absolute atomic E-state index is 0.0526. The van der Waals surface area contributed by atoms with E-state index in [1.807, 2.05) is 45.0 Å². The number of ether oxygens (including phenoxy) is 2. The van der Waals surface area contributed by atoms with E-state index < -0.39 is 0 Å². The molecule has 6 heteroatoms. The summed E-state index contributed by atoms with van der Waals surface area (Å²) in [6, 6.07) is 9.66. The van der Waals surface area contributed by atoms with Gasteiger partial charge in [-0.25, -0.2) is 4.98 Å². The van der Waals surface area contributed by atoms with Crippen LogP contribution in [0.3, 0.4) is 0 Å². The van der Waals surface area contributed by atoms with Crippen LogP contribution in [0.4, 0.5) is 5.13 Å². The van der Waals surface area contributed by atoms with E-state index in [0.717, 1.165) is 38.4 Å². The zero-order valence-corrected chi connectivity index (χ0v) is 15.5. The number of hydrogen-bond donors (Lipinski definition) is 1. The van der Waals surface area contributed by atoms with E-state index in [9.17, 15) is 4.79 Å². The van der Waals surface area contributed by atoms with Crippen molar-refractivity contribution < 1.29 is 14.3 Å². The lowest BCUT2D eigenvalue weighted by atomic mass is 10.1. The number of thiazole rings is 1. The molecule has 0 bridgehead atoms. The second-order valence-electron chi connectivity index (χ2n) is 5.89. The molecule has 1 amide bonds. The van der Waals surface area contributed by atoms with Gasteiger partial charge in [0.2, 0.25) is 0 Å². The Morgan fingerprint density at radius 1 is 1.20 bits per heavy atom. The number of nitrogens with zero attached hydrogens (tertiary/aromatic N) is 1. The molecule has 0 unspecified atom stereocenters. The van der Waals surface area contributed by atoms with Gasteiger partial charge in [0.1, 0.15) is 11.5 Å². The van der Waals surface area contributed by atoms with Gasteiger partial charge >= 0.3 is 0 Å². The fraction of sp³-hybridized carbons (Fsp3) is 0.263. The van der Waals surface area contributed by atoms with E-state index in [1.54, 1.807) is 7.11 Å². The second kappa shape index (κ2) is 7.11. The van der Waals surface area contributed by atoms with E-state index in [-0.39, 0.29) is 12.5 Å². The molecule has 2 aromatic carbocycles. The third-order valence-electron chi connectivity index (χ3n) is 3.96. The van der Waals surface area contributed by atoms with E-state index in [0.29, 0.717) is 5.13 Å². The Balaban J connectivity index is 1.67. The third kappa shape index (κ3) is 3.91. The van der Waals surface area contributed by atoms with Crippen molar-refractivity contribution >= 4 is 32.6 Å². The summed E-state index contributed by atoms with van der Waals surface area (Å²) in [6.45, 7) is 5.98. The van der Waals surface area contributed by atoms with Crippen molar-refractivity contribution in [2.24, 2.45) is 0 Å². The molecule has 5 nitrogen and oxygen atoms in total. The van der Waals surface area contributed by atoms with Gasteiger partial charge in [0, 0.05) is 0 Å². The number of anilines is 1. The molecule has 0 aliphatic carbocycles. The second-order valence-corrected chi connectivity index (χ2v) is 6.93. The monoisotopic (exact) mass is 356 g/mol. The summed E-state index contributed by atoms with van der Waals surface area (Å²) in [4.78, 5) is 16.6. The number of nitrogens with one attached hydrogen (secondary N) is 1. The molecule has 0 radical (unpaired) electrons. The van der Waals surface area contributed by atoms with E-state index in [2.05, 4.69) is 16.4 Å². The average molecular weight is 356 g/mol. The fourth-order valence-corrected chi connectivity index (χ4v) is 3.45. The molecule has 3 aromatic rings. The van der Waals surface area contributed by atoms with Crippen LogP contribution in [0, 0.1) is 20.8 Å². The highest BCUT2D eigenvalue weighted by Crippen LogP contribution is 2.29. The smallest absolute Gasteiger partial charge is 0.264 e. The first-order chi connectivity index (χ1) is 12.0. The van der Waals surface area contributed by atoms with Crippen LogP contribution >= 0.6 is 11.3 Å². The first-order valence-electron chi connectivity index (χ1n) is 7.91. The molecular formula is C19H20N2O3S. The van der Waals surface area contributed by atoms with Gasteiger partial charge in [0.25, 0.3) is 5.91 Å². The number of methoxy groups -OCH3 is 1. The Morgan fingerprint density at radius 3 is 2.76 bits per heavy atom. The van der Waals surface area contributed by atoms with Gasteiger partial charge < -0.3 is 9.47 Å². The molecule has 1 N–H and O–H groups in total. The molecule has 130 valence electrons. The molecule has 0 saturated heterocycles. The summed E-state index contributed by atoms with van der Waals surface area (Å²) >= 11 is 1.41. The number of aryl methyl sites for hydroxylation is 2. The summed E-state index contributed by atoms with van der Waals surface area (Å²) in [5.41, 5.74) is 4.13. The Morgan fingerprint density at radius 2 is 2.00 bits per heavy atom. The van der Waals surface area contributed by atoms with Crippen LogP contribution in [0.5, 0.6) is 11.5 Å². The number of rotatable bonds is 5. The Bertz CT molecular complexity index is 934. The number of hydrogen-bond acceptors (Lipinski definition) is 5. The number of carbonyl (C=O) groups excluding carboxylic acids is 1. The molecule has 0 atom stereocenters. The quantitative estimate of drug-likeness (QED) is 0.742. The van der Waals surface area contributed by atoms with Gasteiger partial charge in [0.15, 0.2) is 11.7 Å². The van der Waals surface area contributed by atoms with Crippen LogP contribution in [-0.2, 0) is 4.79 Å². The summed E-state index contributed by atoms with van der Waals surface area (Å²) < 4.78 is 11.8. The minimum atomic E-state index is -0.232. The number of carbonyl (C=O) groups is 1. The van der Waals surface area contributed by atoms with Crippen molar-refractivity contribution in [1.82, 2.24) is 4.98 Å². The number of aromatic nitrogens is 1. The fourth-order valence-electron chi connectivity index (χ4n) is 2.53. The number of amides is 1. The van der Waals surface area contributed by atoms with Crippen LogP contribution in [0.2, 0.25) is 0 Å². The highest BCUT2D eigenvalue weighted by atomic mass is 32.1. The van der Waals surface area contributed by atoms with Crippen LogP contribution in [0.1, 0.15) is 16.7 Å². The molecule has 0 fully saturated rings. The van der Waals surface area contributed by atoms with Gasteiger partial charge in [-0.3, -0.25) is 10.1 Å². The van der Waals surface area contributed by atoms with Gasteiger partial charge in [-0.15, -0.1) is 0 Å². The maximum absolute atomic E-state index is 12.2. The van der Waals surface area contributed by atoms with Gasteiger partial charge in [0.05, 0.1) is 17.3 Å². The van der Waals surface area contributed by atoms with Crippen molar-refractivity contribution in [3.63, 3.8) is 0 Å². The maximum Gasteiger partial charge on any atom is 0.264 e. The first-order valence-corrected chi connectivity index (χ1v) is 8.73. The van der Waals surface area contributed by atoms with Gasteiger partial charge in [-0.2, -0.15) is 0 Å². The highest BCUT2D eigenvalue weighted by Gasteiger charge is 2.11. The summed E-state index contributed by atoms with van der Waals surface area (Å²) in [7, 11) is 1.62. The number of fused-ring (bicyclic) bond motifs is 1. The summed E-state index contributed by atoms with van der Waals surface area (Å²) in [5.74, 6) is 1.27. The zero-order valence-electron chi connectivity index (χ0n) is 14.7. The average Bonchev–Trinajstić information content (AvgIpc) is 2.97. The normalized spacial score (nSPS) is 10.7. The van der Waals surface area contributed by atoms with Crippen LogP contribution in [0.25, 0.3) is 10.2 Å². The molecule has 1 heterocycles. The largest absolute Gasteiger partial charge is 0.497 e. The molecule has 25 heavy (non-hydrogen) atoms. The van der Waals surface area contributed by atoms with Crippen LogP contribution in [-0.4, -0.2) is 24.6 Å². The first kappa shape index (κ1) is 17.2. The topological polar surface area (TPSA) is 60.5 Å². The van der Waals surface area contributed by atoms with E-state index in [1.165, 1.54) is 11.3 Å². The molecule has 0 aliphatic rings. The van der Waals surface area contributed by atoms with Crippen molar-refractivity contribution in [1.29, 1.82) is 0 Å². The predicted octanol–water partition coefficient (Wildman–Crippen LogP) is 4.25. The van der Waals surface area contributed by atoms with Crippen LogP contribution < -0.4 is 14.8 Å². The summed E-state index contributed by atoms with van der Waals surface area (Å²) in [6.07, 6.45) is 0. The highest BCUT2D eigenvalue weighted by molar-refractivity contribution is 7.22. The Hall–Kier alpha value is -2.60. The van der Waals surface area contributed by atoms with Crippen molar-refractivity contribution in [2.75, 3.05) is 19.0 Å². The third-order valence-corrected chi connectivity index (χ3v) is 4.90. The lowest BCUT2D eigenvalue weighted by Gasteiger charge is -2.11. The Kier molecular flexibility index (Phi) is 4.90. The van der Waals surface area contributed by atoms with Crippen molar-refractivity contribution in [3.8, 4) is 11.5 Å². The van der Waals surface area contributed by atoms with Crippen molar-refractivity contribution in [2.45, 2.75) is 20.8 Å². The molecule has 3 rings (SSSR count). The van der Waals surface area contributed by atoms with Crippen molar-refractivity contribution in [3.05, 3.63) is 47.0 Å². The summed E-state index contributed by atoms with van der Waals surface area (Å²) in [5, 5.41) is 3.34. The van der Waals surface area contributed by atoms with Crippen LogP contribution in [0.15, 0.2) is 30.3 Å². The minimum Gasteiger partial charge on any atom is -0.497 e. The molecular weight excluding hydrogens is 336 g/mol. The predicted molar refractivity (Wildman–Crippen MR) is 101 cm³/mol. The standard InChI is InChI=1S/C19H20N2O3S/c1-11-7-12(2)13(3)16(8-11)24-10-18(22)21-19-20-15-6-5-14(23-4)9-17(15)25-19/h5-9H,10H2,1-4H3,(H,20,21,22). The van der Waals surface area contributed by atoms with Gasteiger partial charge in [-0.1, -0.05) is 17.4 Å². The zero-order chi connectivity index (χ0) is 18.0. The maximum atomic E-state index is 12.2. The SMILES string of the molecule is COc1ccc2nc(NC(=O)COc3cc(C)cc(C)c3C)sc2c1. The molecule has 1 aromatic heterocycles. The number of benzene rings is 2.